The SMILES string of the molecule is O=C(N[C@@H](NC(=S)Nc1ccccc1)C(Cl)(Cl)Cl)N1CCOCC1. The highest BCUT2D eigenvalue weighted by molar-refractivity contribution is 7.80. The summed E-state index contributed by atoms with van der Waals surface area (Å²) in [6, 6.07) is 8.92. The number of anilines is 1. The van der Waals surface area contributed by atoms with Gasteiger partial charge >= 0.3 is 6.03 Å². The minimum absolute atomic E-state index is 0.222. The molecule has 3 N–H and O–H groups in total. The van der Waals surface area contributed by atoms with Crippen LogP contribution in [0.5, 0.6) is 0 Å². The Hall–Kier alpha value is -0.990. The second-order valence-corrected chi connectivity index (χ2v) is 7.77. The number of ether oxygens (including phenoxy) is 1. The van der Waals surface area contributed by atoms with E-state index in [1.165, 1.54) is 0 Å². The molecule has 2 amide bonds. The van der Waals surface area contributed by atoms with Crippen LogP contribution in [0.15, 0.2) is 30.3 Å². The minimum atomic E-state index is -1.79. The van der Waals surface area contributed by atoms with Crippen LogP contribution in [0.2, 0.25) is 0 Å². The fraction of sp³-hybridized carbons (Fsp3) is 0.429. The van der Waals surface area contributed by atoms with Gasteiger partial charge in [-0.1, -0.05) is 53.0 Å². The summed E-state index contributed by atoms with van der Waals surface area (Å²) in [5.74, 6) is 0. The van der Waals surface area contributed by atoms with E-state index in [0.29, 0.717) is 26.3 Å². The summed E-state index contributed by atoms with van der Waals surface area (Å²) in [6.07, 6.45) is -0.999. The molecule has 1 saturated heterocycles. The summed E-state index contributed by atoms with van der Waals surface area (Å²) in [5, 5.41) is 8.63. The van der Waals surface area contributed by atoms with Crippen LogP contribution < -0.4 is 16.0 Å². The van der Waals surface area contributed by atoms with Crippen molar-refractivity contribution >= 4 is 63.9 Å². The Balaban J connectivity index is 1.95. The number of rotatable bonds is 3. The van der Waals surface area contributed by atoms with Crippen molar-refractivity contribution in [2.24, 2.45) is 0 Å². The number of morpholine rings is 1. The number of amides is 2. The Kier molecular flexibility index (Phi) is 7.18. The Morgan fingerprint density at radius 3 is 2.38 bits per heavy atom. The van der Waals surface area contributed by atoms with Crippen molar-refractivity contribution < 1.29 is 9.53 Å². The summed E-state index contributed by atoms with van der Waals surface area (Å²) >= 11 is 23.1. The molecule has 1 fully saturated rings. The smallest absolute Gasteiger partial charge is 0.319 e. The summed E-state index contributed by atoms with van der Waals surface area (Å²) in [7, 11) is 0. The van der Waals surface area contributed by atoms with Gasteiger partial charge in [-0.3, -0.25) is 0 Å². The van der Waals surface area contributed by atoms with Crippen LogP contribution in [-0.4, -0.2) is 52.3 Å². The van der Waals surface area contributed by atoms with Crippen LogP contribution in [0.1, 0.15) is 0 Å². The number of nitrogens with zero attached hydrogens (tertiary/aromatic N) is 1. The molecular weight excluding hydrogens is 395 g/mol. The van der Waals surface area contributed by atoms with E-state index >= 15 is 0 Å². The van der Waals surface area contributed by atoms with Gasteiger partial charge in [0.15, 0.2) is 11.3 Å². The average molecular weight is 412 g/mol. The van der Waals surface area contributed by atoms with Gasteiger partial charge in [0.05, 0.1) is 13.2 Å². The zero-order valence-corrected chi connectivity index (χ0v) is 15.7. The molecule has 2 rings (SSSR count). The van der Waals surface area contributed by atoms with Gasteiger partial charge in [0.25, 0.3) is 0 Å². The van der Waals surface area contributed by atoms with Crippen molar-refractivity contribution in [1.82, 2.24) is 15.5 Å². The molecule has 1 aliphatic heterocycles. The van der Waals surface area contributed by atoms with Crippen molar-refractivity contribution in [3.63, 3.8) is 0 Å². The molecule has 1 atom stereocenters. The fourth-order valence-electron chi connectivity index (χ4n) is 2.00. The monoisotopic (exact) mass is 410 g/mol. The highest BCUT2D eigenvalue weighted by Crippen LogP contribution is 2.29. The number of hydrogen-bond acceptors (Lipinski definition) is 3. The molecule has 1 aromatic carbocycles. The lowest BCUT2D eigenvalue weighted by Gasteiger charge is -2.32. The Labute approximate surface area is 160 Å². The molecular formula is C14H17Cl3N4O2S. The van der Waals surface area contributed by atoms with E-state index in [1.807, 2.05) is 30.3 Å². The molecule has 0 aliphatic carbocycles. The molecule has 0 saturated carbocycles. The number of urea groups is 1. The van der Waals surface area contributed by atoms with Crippen molar-refractivity contribution in [1.29, 1.82) is 0 Å². The Morgan fingerprint density at radius 1 is 1.17 bits per heavy atom. The Morgan fingerprint density at radius 2 is 1.79 bits per heavy atom. The predicted octanol–water partition coefficient (Wildman–Crippen LogP) is 2.71. The van der Waals surface area contributed by atoms with Gasteiger partial charge in [0, 0.05) is 18.8 Å². The van der Waals surface area contributed by atoms with Crippen LogP contribution >= 0.6 is 47.0 Å². The number of benzene rings is 1. The van der Waals surface area contributed by atoms with Gasteiger partial charge in [-0.2, -0.15) is 0 Å². The van der Waals surface area contributed by atoms with Crippen LogP contribution in [0.25, 0.3) is 0 Å². The largest absolute Gasteiger partial charge is 0.378 e. The highest BCUT2D eigenvalue weighted by Gasteiger charge is 2.35. The van der Waals surface area contributed by atoms with Crippen LogP contribution in [0.4, 0.5) is 10.5 Å². The summed E-state index contributed by atoms with van der Waals surface area (Å²) in [6.45, 7) is 1.91. The molecule has 10 heteroatoms. The third-order valence-electron chi connectivity index (χ3n) is 3.20. The molecule has 0 radical (unpaired) electrons. The molecule has 0 spiro atoms. The first-order chi connectivity index (χ1) is 11.4. The molecule has 1 heterocycles. The first kappa shape index (κ1) is 19.3. The third kappa shape index (κ3) is 6.14. The summed E-state index contributed by atoms with van der Waals surface area (Å²) < 4.78 is 3.42. The summed E-state index contributed by atoms with van der Waals surface area (Å²) in [4.78, 5) is 13.9. The topological polar surface area (TPSA) is 65.6 Å². The lowest BCUT2D eigenvalue weighted by atomic mass is 10.3. The van der Waals surface area contributed by atoms with E-state index in [9.17, 15) is 4.79 Å². The number of hydrogen-bond donors (Lipinski definition) is 3. The van der Waals surface area contributed by atoms with Crippen molar-refractivity contribution in [2.45, 2.75) is 9.96 Å². The Bertz CT molecular complexity index is 565. The van der Waals surface area contributed by atoms with E-state index in [2.05, 4.69) is 16.0 Å². The predicted molar refractivity (Wildman–Crippen MR) is 101 cm³/mol. The molecule has 24 heavy (non-hydrogen) atoms. The zero-order chi connectivity index (χ0) is 17.6. The molecule has 132 valence electrons. The van der Waals surface area contributed by atoms with Gasteiger partial charge in [0.2, 0.25) is 3.79 Å². The molecule has 0 aromatic heterocycles. The minimum Gasteiger partial charge on any atom is -0.378 e. The van der Waals surface area contributed by atoms with Crippen LogP contribution in [0.3, 0.4) is 0 Å². The number of para-hydroxylation sites is 1. The van der Waals surface area contributed by atoms with Gasteiger partial charge < -0.3 is 25.6 Å². The van der Waals surface area contributed by atoms with Gasteiger partial charge in [-0.05, 0) is 24.4 Å². The number of carbonyl (C=O) groups is 1. The standard InChI is InChI=1S/C14H17Cl3N4O2S/c15-14(16,17)11(20-13(22)21-6-8-23-9-7-21)19-12(24)18-10-4-2-1-3-5-10/h1-5,11H,6-9H2,(H,20,22)(H2,18,19,24)/t11-/m1/s1. The van der Waals surface area contributed by atoms with E-state index in [0.717, 1.165) is 5.69 Å². The lowest BCUT2D eigenvalue weighted by molar-refractivity contribution is 0.0524. The maximum atomic E-state index is 12.3. The van der Waals surface area contributed by atoms with Gasteiger partial charge in [-0.15, -0.1) is 0 Å². The van der Waals surface area contributed by atoms with E-state index < -0.39 is 9.96 Å². The highest BCUT2D eigenvalue weighted by atomic mass is 35.6. The number of halogens is 3. The van der Waals surface area contributed by atoms with E-state index in [-0.39, 0.29) is 11.1 Å². The fourth-order valence-corrected chi connectivity index (χ4v) is 2.56. The molecule has 1 aliphatic rings. The number of carbonyl (C=O) groups excluding carboxylic acids is 1. The number of thiocarbonyl (C=S) groups is 1. The summed E-state index contributed by atoms with van der Waals surface area (Å²) in [5.41, 5.74) is 0.776. The first-order valence-electron chi connectivity index (χ1n) is 7.19. The normalized spacial score (nSPS) is 16.2. The second kappa shape index (κ2) is 8.92. The molecule has 0 unspecified atom stereocenters. The average Bonchev–Trinajstić information content (AvgIpc) is 2.55. The second-order valence-electron chi connectivity index (χ2n) is 4.99. The molecule has 1 aromatic rings. The van der Waals surface area contributed by atoms with Crippen molar-refractivity contribution in [3.05, 3.63) is 30.3 Å². The third-order valence-corrected chi connectivity index (χ3v) is 4.08. The lowest BCUT2D eigenvalue weighted by Crippen LogP contribution is -2.59. The number of nitrogens with one attached hydrogen (secondary N) is 3. The molecule has 6 nitrogen and oxygen atoms in total. The zero-order valence-electron chi connectivity index (χ0n) is 12.6. The maximum Gasteiger partial charge on any atom is 0.319 e. The van der Waals surface area contributed by atoms with Crippen LogP contribution in [0, 0.1) is 0 Å². The van der Waals surface area contributed by atoms with Gasteiger partial charge in [-0.25, -0.2) is 4.79 Å². The molecule has 0 bridgehead atoms. The first-order valence-corrected chi connectivity index (χ1v) is 8.73. The van der Waals surface area contributed by atoms with E-state index in [1.54, 1.807) is 4.90 Å². The van der Waals surface area contributed by atoms with Gasteiger partial charge in [0.1, 0.15) is 0 Å². The quantitative estimate of drug-likeness (QED) is 0.405. The van der Waals surface area contributed by atoms with Crippen molar-refractivity contribution in [2.75, 3.05) is 31.6 Å². The maximum absolute atomic E-state index is 12.3. The van der Waals surface area contributed by atoms with Crippen molar-refractivity contribution in [3.8, 4) is 0 Å². The number of alkyl halides is 3. The van der Waals surface area contributed by atoms with Crippen LogP contribution in [-0.2, 0) is 4.74 Å². The van der Waals surface area contributed by atoms with E-state index in [4.69, 9.17) is 51.8 Å².